The third-order valence-electron chi connectivity index (χ3n) is 2.80. The van der Waals surface area contributed by atoms with Crippen molar-refractivity contribution in [2.24, 2.45) is 0 Å². The van der Waals surface area contributed by atoms with Crippen LogP contribution in [0.1, 0.15) is 21.5 Å². The number of amides is 1. The van der Waals surface area contributed by atoms with Crippen LogP contribution in [0.5, 0.6) is 5.75 Å². The highest BCUT2D eigenvalue weighted by atomic mass is 19.1. The van der Waals surface area contributed by atoms with Gasteiger partial charge in [0.25, 0.3) is 5.91 Å². The minimum atomic E-state index is -0.430. The summed E-state index contributed by atoms with van der Waals surface area (Å²) in [4.78, 5) is 11.9. The van der Waals surface area contributed by atoms with Crippen LogP contribution in [0, 0.1) is 12.7 Å². The van der Waals surface area contributed by atoms with Gasteiger partial charge in [-0.15, -0.1) is 0 Å². The van der Waals surface area contributed by atoms with Crippen LogP contribution in [-0.4, -0.2) is 11.0 Å². The molecule has 0 atom stereocenters. The molecule has 0 aliphatic heterocycles. The molecule has 0 aliphatic carbocycles. The van der Waals surface area contributed by atoms with Gasteiger partial charge >= 0.3 is 0 Å². The molecule has 0 aliphatic rings. The summed E-state index contributed by atoms with van der Waals surface area (Å²) in [6.07, 6.45) is 0. The summed E-state index contributed by atoms with van der Waals surface area (Å²) < 4.78 is 13.4. The molecular weight excluding hydrogens is 245 g/mol. The van der Waals surface area contributed by atoms with E-state index in [9.17, 15) is 14.3 Å². The molecule has 98 valence electrons. The third kappa shape index (κ3) is 3.10. The molecule has 2 aromatic rings. The number of aryl methyl sites for hydroxylation is 1. The summed E-state index contributed by atoms with van der Waals surface area (Å²) in [5.41, 5.74) is 1.45. The molecular formula is C15H14FNO2. The molecule has 0 unspecified atom stereocenters. The zero-order valence-electron chi connectivity index (χ0n) is 10.5. The first-order valence-corrected chi connectivity index (χ1v) is 5.89. The maximum atomic E-state index is 13.4. The number of hydrogen-bond donors (Lipinski definition) is 2. The van der Waals surface area contributed by atoms with Gasteiger partial charge in [-0.25, -0.2) is 4.39 Å². The quantitative estimate of drug-likeness (QED) is 0.890. The molecule has 3 nitrogen and oxygen atoms in total. The predicted octanol–water partition coefficient (Wildman–Crippen LogP) is 2.77. The number of benzene rings is 2. The topological polar surface area (TPSA) is 49.3 Å². The summed E-state index contributed by atoms with van der Waals surface area (Å²) in [6, 6.07) is 11.0. The van der Waals surface area contributed by atoms with E-state index < -0.39 is 5.91 Å². The highest BCUT2D eigenvalue weighted by molar-refractivity contribution is 5.96. The highest BCUT2D eigenvalue weighted by Gasteiger charge is 2.11. The van der Waals surface area contributed by atoms with Gasteiger partial charge in [-0.3, -0.25) is 4.79 Å². The fourth-order valence-electron chi connectivity index (χ4n) is 1.75. The van der Waals surface area contributed by atoms with E-state index in [1.54, 1.807) is 30.3 Å². The monoisotopic (exact) mass is 259 g/mol. The Morgan fingerprint density at radius 3 is 2.68 bits per heavy atom. The number of phenols is 1. The van der Waals surface area contributed by atoms with E-state index in [-0.39, 0.29) is 23.7 Å². The predicted molar refractivity (Wildman–Crippen MR) is 70.4 cm³/mol. The van der Waals surface area contributed by atoms with Crippen molar-refractivity contribution in [3.8, 4) is 5.75 Å². The van der Waals surface area contributed by atoms with Crippen LogP contribution in [0.4, 0.5) is 4.39 Å². The van der Waals surface area contributed by atoms with Gasteiger partial charge in [-0.05, 0) is 30.7 Å². The summed E-state index contributed by atoms with van der Waals surface area (Å²) in [5.74, 6) is -0.872. The van der Waals surface area contributed by atoms with Crippen LogP contribution in [0.2, 0.25) is 0 Å². The largest absolute Gasteiger partial charge is 0.507 e. The number of carbonyl (C=O) groups excluding carboxylic acids is 1. The summed E-state index contributed by atoms with van der Waals surface area (Å²) >= 11 is 0. The average molecular weight is 259 g/mol. The van der Waals surface area contributed by atoms with Crippen molar-refractivity contribution >= 4 is 5.91 Å². The lowest BCUT2D eigenvalue weighted by molar-refractivity contribution is 0.0948. The average Bonchev–Trinajstić information content (AvgIpc) is 2.37. The lowest BCUT2D eigenvalue weighted by Crippen LogP contribution is -2.23. The second-order valence-corrected chi connectivity index (χ2v) is 4.29. The van der Waals surface area contributed by atoms with Gasteiger partial charge in [-0.2, -0.15) is 0 Å². The van der Waals surface area contributed by atoms with Crippen molar-refractivity contribution in [3.63, 3.8) is 0 Å². The Bertz CT molecular complexity index is 611. The molecule has 0 bridgehead atoms. The van der Waals surface area contributed by atoms with Crippen molar-refractivity contribution in [2.45, 2.75) is 13.5 Å². The first-order valence-electron chi connectivity index (χ1n) is 5.89. The molecule has 2 N–H and O–H groups in total. The molecule has 19 heavy (non-hydrogen) atoms. The molecule has 2 aromatic carbocycles. The second kappa shape index (κ2) is 5.52. The van der Waals surface area contributed by atoms with E-state index in [0.717, 1.165) is 5.56 Å². The minimum absolute atomic E-state index is 0.0777. The minimum Gasteiger partial charge on any atom is -0.507 e. The maximum Gasteiger partial charge on any atom is 0.255 e. The molecule has 0 saturated carbocycles. The Hall–Kier alpha value is -2.36. The van der Waals surface area contributed by atoms with Gasteiger partial charge in [0.15, 0.2) is 0 Å². The van der Waals surface area contributed by atoms with Crippen LogP contribution in [-0.2, 0) is 6.54 Å². The van der Waals surface area contributed by atoms with Gasteiger partial charge in [0.05, 0.1) is 5.56 Å². The number of carbonyl (C=O) groups is 1. The number of halogens is 1. The molecule has 0 aromatic heterocycles. The van der Waals surface area contributed by atoms with Crippen molar-refractivity contribution in [1.29, 1.82) is 0 Å². The summed E-state index contributed by atoms with van der Waals surface area (Å²) in [7, 11) is 0. The van der Waals surface area contributed by atoms with Crippen molar-refractivity contribution in [2.75, 3.05) is 0 Å². The van der Waals surface area contributed by atoms with E-state index in [0.29, 0.717) is 5.56 Å². The third-order valence-corrected chi connectivity index (χ3v) is 2.80. The van der Waals surface area contributed by atoms with E-state index in [4.69, 9.17) is 0 Å². The Morgan fingerprint density at radius 1 is 1.26 bits per heavy atom. The lowest BCUT2D eigenvalue weighted by atomic mass is 10.1. The fraction of sp³-hybridized carbons (Fsp3) is 0.133. The van der Waals surface area contributed by atoms with Crippen LogP contribution in [0.3, 0.4) is 0 Å². The first kappa shape index (κ1) is 13.1. The first-order chi connectivity index (χ1) is 9.08. The van der Waals surface area contributed by atoms with E-state index in [2.05, 4.69) is 5.32 Å². The molecule has 2 rings (SSSR count). The number of hydrogen-bond acceptors (Lipinski definition) is 2. The van der Waals surface area contributed by atoms with Crippen molar-refractivity contribution in [1.82, 2.24) is 5.32 Å². The molecule has 0 radical (unpaired) electrons. The summed E-state index contributed by atoms with van der Waals surface area (Å²) in [5, 5.41) is 12.3. The van der Waals surface area contributed by atoms with Gasteiger partial charge in [0.1, 0.15) is 11.6 Å². The molecule has 4 heteroatoms. The van der Waals surface area contributed by atoms with E-state index in [1.807, 2.05) is 6.92 Å². The van der Waals surface area contributed by atoms with E-state index >= 15 is 0 Å². The molecule has 0 heterocycles. The number of rotatable bonds is 3. The normalized spacial score (nSPS) is 10.2. The van der Waals surface area contributed by atoms with Crippen LogP contribution >= 0.6 is 0 Å². The molecule has 0 spiro atoms. The lowest BCUT2D eigenvalue weighted by Gasteiger charge is -2.08. The van der Waals surface area contributed by atoms with Gasteiger partial charge in [-0.1, -0.05) is 24.3 Å². The van der Waals surface area contributed by atoms with Crippen LogP contribution in [0.25, 0.3) is 0 Å². The zero-order valence-corrected chi connectivity index (χ0v) is 10.5. The fourth-order valence-corrected chi connectivity index (χ4v) is 1.75. The standard InChI is InChI=1S/C15H14FNO2/c1-10-6-7-12(14(18)8-10)15(19)17-9-11-4-2-3-5-13(11)16/h2-8,18H,9H2,1H3,(H,17,19). The smallest absolute Gasteiger partial charge is 0.255 e. The Balaban J connectivity index is 2.08. The van der Waals surface area contributed by atoms with Crippen molar-refractivity contribution in [3.05, 3.63) is 65.0 Å². The number of phenolic OH excluding ortho intramolecular Hbond substituents is 1. The Morgan fingerprint density at radius 2 is 2.00 bits per heavy atom. The van der Waals surface area contributed by atoms with Gasteiger partial charge in [0, 0.05) is 12.1 Å². The van der Waals surface area contributed by atoms with Crippen LogP contribution < -0.4 is 5.32 Å². The summed E-state index contributed by atoms with van der Waals surface area (Å²) in [6.45, 7) is 1.90. The van der Waals surface area contributed by atoms with Crippen molar-refractivity contribution < 1.29 is 14.3 Å². The SMILES string of the molecule is Cc1ccc(C(=O)NCc2ccccc2F)c(O)c1. The van der Waals surface area contributed by atoms with Gasteiger partial charge < -0.3 is 10.4 Å². The molecule has 0 fully saturated rings. The maximum absolute atomic E-state index is 13.4. The Kier molecular flexibility index (Phi) is 3.80. The van der Waals surface area contributed by atoms with Gasteiger partial charge in [0.2, 0.25) is 0 Å². The number of nitrogens with one attached hydrogen (secondary N) is 1. The van der Waals surface area contributed by atoms with E-state index in [1.165, 1.54) is 12.1 Å². The number of aromatic hydroxyl groups is 1. The zero-order chi connectivity index (χ0) is 13.8. The highest BCUT2D eigenvalue weighted by Crippen LogP contribution is 2.18. The van der Waals surface area contributed by atoms with Crippen LogP contribution in [0.15, 0.2) is 42.5 Å². The second-order valence-electron chi connectivity index (χ2n) is 4.29. The Labute approximate surface area is 110 Å². The molecule has 0 saturated heterocycles. The molecule has 1 amide bonds.